The minimum atomic E-state index is -0.545. The molecule has 0 aromatic carbocycles. The molecule has 7 heteroatoms. The van der Waals surface area contributed by atoms with Crippen LogP contribution in [0.2, 0.25) is 0 Å². The zero-order chi connectivity index (χ0) is 18.7. The van der Waals surface area contributed by atoms with E-state index in [0.717, 1.165) is 26.1 Å². The number of methoxy groups -OCH3 is 1. The second-order valence-corrected chi connectivity index (χ2v) is 9.49. The SMILES string of the molecule is COC(C)C(C)(C)c1cc(NC(=O)C(C)(C)SC2CCOCC2)no1. The van der Waals surface area contributed by atoms with Gasteiger partial charge in [0.25, 0.3) is 0 Å². The first-order valence-electron chi connectivity index (χ1n) is 8.74. The minimum Gasteiger partial charge on any atom is -0.381 e. The van der Waals surface area contributed by atoms with Crippen molar-refractivity contribution in [3.05, 3.63) is 11.8 Å². The summed E-state index contributed by atoms with van der Waals surface area (Å²) in [5, 5.41) is 7.34. The number of ether oxygens (including phenoxy) is 2. The highest BCUT2D eigenvalue weighted by Crippen LogP contribution is 2.35. The maximum absolute atomic E-state index is 12.7. The molecule has 1 amide bonds. The van der Waals surface area contributed by atoms with Gasteiger partial charge in [0.15, 0.2) is 5.82 Å². The number of carbonyl (C=O) groups excluding carboxylic acids is 1. The van der Waals surface area contributed by atoms with E-state index >= 15 is 0 Å². The third-order valence-electron chi connectivity index (χ3n) is 4.93. The van der Waals surface area contributed by atoms with Gasteiger partial charge in [0.2, 0.25) is 5.91 Å². The van der Waals surface area contributed by atoms with Crippen LogP contribution in [0.15, 0.2) is 10.6 Å². The summed E-state index contributed by atoms with van der Waals surface area (Å²) in [4.78, 5) is 12.7. The third-order valence-corrected chi connectivity index (χ3v) is 6.51. The highest BCUT2D eigenvalue weighted by Gasteiger charge is 2.35. The molecule has 1 atom stereocenters. The van der Waals surface area contributed by atoms with Crippen molar-refractivity contribution in [2.24, 2.45) is 0 Å². The van der Waals surface area contributed by atoms with Gasteiger partial charge in [-0.2, -0.15) is 0 Å². The normalized spacial score (nSPS) is 18.2. The van der Waals surface area contributed by atoms with Crippen LogP contribution in [0.25, 0.3) is 0 Å². The van der Waals surface area contributed by atoms with Crippen LogP contribution < -0.4 is 5.32 Å². The van der Waals surface area contributed by atoms with E-state index in [1.807, 2.05) is 34.6 Å². The second-order valence-electron chi connectivity index (χ2n) is 7.57. The van der Waals surface area contributed by atoms with Crippen LogP contribution in [-0.4, -0.2) is 47.5 Å². The first-order chi connectivity index (χ1) is 11.7. The maximum Gasteiger partial charge on any atom is 0.241 e. The quantitative estimate of drug-likeness (QED) is 0.790. The molecule has 0 spiro atoms. The largest absolute Gasteiger partial charge is 0.381 e. The molecule has 142 valence electrons. The van der Waals surface area contributed by atoms with Gasteiger partial charge >= 0.3 is 0 Å². The summed E-state index contributed by atoms with van der Waals surface area (Å²) < 4.78 is 15.7. The molecule has 1 aliphatic rings. The van der Waals surface area contributed by atoms with Gasteiger partial charge in [0, 0.05) is 31.6 Å². The van der Waals surface area contributed by atoms with Crippen LogP contribution in [-0.2, 0) is 19.7 Å². The Bertz CT molecular complexity index is 579. The molecule has 1 fully saturated rings. The van der Waals surface area contributed by atoms with Gasteiger partial charge in [-0.3, -0.25) is 4.79 Å². The summed E-state index contributed by atoms with van der Waals surface area (Å²) in [6.45, 7) is 11.5. The molecule has 1 aromatic rings. The molecule has 1 unspecified atom stereocenters. The van der Waals surface area contributed by atoms with E-state index in [1.54, 1.807) is 24.9 Å². The Labute approximate surface area is 154 Å². The zero-order valence-corrected chi connectivity index (χ0v) is 16.9. The van der Waals surface area contributed by atoms with Crippen molar-refractivity contribution in [2.45, 2.75) is 69.0 Å². The van der Waals surface area contributed by atoms with Crippen molar-refractivity contribution < 1.29 is 18.8 Å². The predicted octanol–water partition coefficient (Wildman–Crippen LogP) is 3.62. The topological polar surface area (TPSA) is 73.6 Å². The number of aromatic nitrogens is 1. The summed E-state index contributed by atoms with van der Waals surface area (Å²) in [5.41, 5.74) is -0.336. The average molecular weight is 371 g/mol. The lowest BCUT2D eigenvalue weighted by atomic mass is 9.84. The van der Waals surface area contributed by atoms with Crippen molar-refractivity contribution in [3.8, 4) is 0 Å². The number of nitrogens with zero attached hydrogens (tertiary/aromatic N) is 1. The molecular weight excluding hydrogens is 340 g/mol. The Kier molecular flexibility index (Phi) is 6.56. The van der Waals surface area contributed by atoms with E-state index < -0.39 is 4.75 Å². The van der Waals surface area contributed by atoms with Crippen molar-refractivity contribution in [1.29, 1.82) is 0 Å². The van der Waals surface area contributed by atoms with E-state index in [0.29, 0.717) is 16.8 Å². The van der Waals surface area contributed by atoms with Crippen molar-refractivity contribution in [1.82, 2.24) is 5.16 Å². The van der Waals surface area contributed by atoms with Gasteiger partial charge in [-0.05, 0) is 33.6 Å². The van der Waals surface area contributed by atoms with E-state index in [1.165, 1.54) is 0 Å². The fraction of sp³-hybridized carbons (Fsp3) is 0.778. The van der Waals surface area contributed by atoms with Gasteiger partial charge in [0.1, 0.15) is 5.76 Å². The molecule has 2 rings (SSSR count). The molecule has 1 N–H and O–H groups in total. The molecule has 1 saturated heterocycles. The average Bonchev–Trinajstić information content (AvgIpc) is 3.03. The van der Waals surface area contributed by atoms with Crippen LogP contribution in [0, 0.1) is 0 Å². The fourth-order valence-electron chi connectivity index (χ4n) is 2.66. The van der Waals surface area contributed by atoms with Crippen molar-refractivity contribution >= 4 is 23.5 Å². The van der Waals surface area contributed by atoms with E-state index in [2.05, 4.69) is 10.5 Å². The van der Waals surface area contributed by atoms with Crippen molar-refractivity contribution in [2.75, 3.05) is 25.6 Å². The highest BCUT2D eigenvalue weighted by atomic mass is 32.2. The van der Waals surface area contributed by atoms with Crippen LogP contribution in [0.4, 0.5) is 5.82 Å². The number of amides is 1. The maximum atomic E-state index is 12.7. The van der Waals surface area contributed by atoms with Crippen molar-refractivity contribution in [3.63, 3.8) is 0 Å². The van der Waals surface area contributed by atoms with E-state index in [4.69, 9.17) is 14.0 Å². The first-order valence-corrected chi connectivity index (χ1v) is 9.62. The van der Waals surface area contributed by atoms with Gasteiger partial charge in [-0.15, -0.1) is 11.8 Å². The lowest BCUT2D eigenvalue weighted by molar-refractivity contribution is -0.117. The molecular formula is C18H30N2O4S. The first kappa shape index (κ1) is 20.3. The molecule has 0 saturated carbocycles. The molecule has 1 aliphatic heterocycles. The molecule has 25 heavy (non-hydrogen) atoms. The minimum absolute atomic E-state index is 0.0375. The van der Waals surface area contributed by atoms with Gasteiger partial charge in [-0.1, -0.05) is 19.0 Å². The number of rotatable bonds is 7. The zero-order valence-electron chi connectivity index (χ0n) is 16.0. The van der Waals surface area contributed by atoms with E-state index in [-0.39, 0.29) is 17.4 Å². The standard InChI is InChI=1S/C18H30N2O4S/c1-12(22-6)17(2,3)14-11-15(20-24-14)19-16(21)18(4,5)25-13-7-9-23-10-8-13/h11-13H,7-10H2,1-6H3,(H,19,20,21). The number of anilines is 1. The Balaban J connectivity index is 2.00. The summed E-state index contributed by atoms with van der Waals surface area (Å²) in [6.07, 6.45) is 1.93. The lowest BCUT2D eigenvalue weighted by Crippen LogP contribution is -2.37. The van der Waals surface area contributed by atoms with Crippen LogP contribution in [0.5, 0.6) is 0 Å². The number of hydrogen-bond donors (Lipinski definition) is 1. The Hall–Kier alpha value is -1.05. The molecule has 0 aliphatic carbocycles. The third kappa shape index (κ3) is 4.99. The number of thioether (sulfide) groups is 1. The molecule has 2 heterocycles. The fourth-order valence-corrected chi connectivity index (χ4v) is 4.08. The number of hydrogen-bond acceptors (Lipinski definition) is 6. The monoisotopic (exact) mass is 370 g/mol. The van der Waals surface area contributed by atoms with E-state index in [9.17, 15) is 4.79 Å². The van der Waals surface area contributed by atoms with Crippen LogP contribution >= 0.6 is 11.8 Å². The summed E-state index contributed by atoms with van der Waals surface area (Å²) >= 11 is 1.70. The lowest BCUT2D eigenvalue weighted by Gasteiger charge is -2.30. The molecule has 0 radical (unpaired) electrons. The number of carbonyl (C=O) groups is 1. The number of nitrogens with one attached hydrogen (secondary N) is 1. The van der Waals surface area contributed by atoms with Gasteiger partial charge in [0.05, 0.1) is 16.3 Å². The van der Waals surface area contributed by atoms with Gasteiger partial charge < -0.3 is 19.3 Å². The van der Waals surface area contributed by atoms with Gasteiger partial charge in [-0.25, -0.2) is 0 Å². The molecule has 0 bridgehead atoms. The summed E-state index contributed by atoms with van der Waals surface area (Å²) in [5.74, 6) is 1.06. The Morgan fingerprint density at radius 2 is 2.00 bits per heavy atom. The predicted molar refractivity (Wildman–Crippen MR) is 100 cm³/mol. The summed E-state index contributed by atoms with van der Waals surface area (Å²) in [6, 6.07) is 1.78. The Morgan fingerprint density at radius 1 is 1.36 bits per heavy atom. The highest BCUT2D eigenvalue weighted by molar-refractivity contribution is 8.02. The second kappa shape index (κ2) is 8.10. The summed E-state index contributed by atoms with van der Waals surface area (Å²) in [7, 11) is 1.67. The Morgan fingerprint density at radius 3 is 2.60 bits per heavy atom. The van der Waals surface area contributed by atoms with Crippen LogP contribution in [0.1, 0.15) is 53.2 Å². The molecule has 1 aromatic heterocycles. The van der Waals surface area contributed by atoms with Crippen LogP contribution in [0.3, 0.4) is 0 Å². The molecule has 6 nitrogen and oxygen atoms in total. The smallest absolute Gasteiger partial charge is 0.241 e.